The SMILES string of the molecule is CC(C)Cc1noc(CN2CCCC(c3nnc4n3CCCCC4)C2)n1. The normalized spacial score (nSPS) is 21.7. The zero-order chi connectivity index (χ0) is 17.9. The van der Waals surface area contributed by atoms with Crippen molar-refractivity contribution in [2.24, 2.45) is 5.92 Å². The molecule has 0 N–H and O–H groups in total. The van der Waals surface area contributed by atoms with Crippen molar-refractivity contribution >= 4 is 0 Å². The second kappa shape index (κ2) is 7.86. The molecule has 2 aliphatic rings. The van der Waals surface area contributed by atoms with E-state index in [-0.39, 0.29) is 0 Å². The maximum atomic E-state index is 5.47. The fourth-order valence-corrected chi connectivity index (χ4v) is 4.21. The van der Waals surface area contributed by atoms with Gasteiger partial charge in [0.25, 0.3) is 0 Å². The van der Waals surface area contributed by atoms with Gasteiger partial charge in [0.05, 0.1) is 6.54 Å². The molecule has 1 saturated heterocycles. The summed E-state index contributed by atoms with van der Waals surface area (Å²) >= 11 is 0. The molecule has 7 nitrogen and oxygen atoms in total. The summed E-state index contributed by atoms with van der Waals surface area (Å²) < 4.78 is 7.86. The zero-order valence-electron chi connectivity index (χ0n) is 16.0. The molecule has 26 heavy (non-hydrogen) atoms. The Bertz CT molecular complexity index is 721. The van der Waals surface area contributed by atoms with Crippen molar-refractivity contribution in [1.29, 1.82) is 0 Å². The van der Waals surface area contributed by atoms with Crippen LogP contribution in [0.4, 0.5) is 0 Å². The highest BCUT2D eigenvalue weighted by Crippen LogP contribution is 2.28. The van der Waals surface area contributed by atoms with Crippen LogP contribution in [0.25, 0.3) is 0 Å². The second-order valence-electron chi connectivity index (χ2n) is 8.21. The van der Waals surface area contributed by atoms with Gasteiger partial charge in [0, 0.05) is 31.8 Å². The molecular formula is C19H30N6O. The highest BCUT2D eigenvalue weighted by molar-refractivity contribution is 5.06. The van der Waals surface area contributed by atoms with Gasteiger partial charge in [0.15, 0.2) is 5.82 Å². The van der Waals surface area contributed by atoms with E-state index in [0.717, 1.165) is 50.7 Å². The van der Waals surface area contributed by atoms with Crippen LogP contribution in [0, 0.1) is 5.92 Å². The van der Waals surface area contributed by atoms with Gasteiger partial charge >= 0.3 is 0 Å². The molecule has 2 aromatic heterocycles. The Labute approximate surface area is 155 Å². The molecule has 4 rings (SSSR count). The number of nitrogens with zero attached hydrogens (tertiary/aromatic N) is 6. The lowest BCUT2D eigenvalue weighted by atomic mass is 9.97. The summed E-state index contributed by atoms with van der Waals surface area (Å²) in [5.41, 5.74) is 0. The van der Waals surface area contributed by atoms with Crippen LogP contribution < -0.4 is 0 Å². The predicted molar refractivity (Wildman–Crippen MR) is 97.7 cm³/mol. The molecule has 1 fully saturated rings. The number of hydrogen-bond acceptors (Lipinski definition) is 6. The van der Waals surface area contributed by atoms with Crippen molar-refractivity contribution in [2.45, 2.75) is 77.8 Å². The predicted octanol–water partition coefficient (Wildman–Crippen LogP) is 2.97. The number of fused-ring (bicyclic) bond motifs is 1. The Morgan fingerprint density at radius 1 is 1.12 bits per heavy atom. The van der Waals surface area contributed by atoms with Crippen molar-refractivity contribution in [1.82, 2.24) is 29.8 Å². The minimum Gasteiger partial charge on any atom is -0.338 e. The van der Waals surface area contributed by atoms with Crippen LogP contribution in [0.2, 0.25) is 0 Å². The highest BCUT2D eigenvalue weighted by atomic mass is 16.5. The van der Waals surface area contributed by atoms with Crippen molar-refractivity contribution in [3.63, 3.8) is 0 Å². The summed E-state index contributed by atoms with van der Waals surface area (Å²) in [5.74, 6) is 4.94. The van der Waals surface area contributed by atoms with E-state index < -0.39 is 0 Å². The van der Waals surface area contributed by atoms with E-state index in [1.54, 1.807) is 0 Å². The van der Waals surface area contributed by atoms with Crippen LogP contribution in [-0.4, -0.2) is 42.9 Å². The molecule has 0 aromatic carbocycles. The van der Waals surface area contributed by atoms with E-state index in [1.165, 1.54) is 43.8 Å². The van der Waals surface area contributed by atoms with Gasteiger partial charge in [-0.25, -0.2) is 0 Å². The van der Waals surface area contributed by atoms with Crippen molar-refractivity contribution in [3.05, 3.63) is 23.4 Å². The Morgan fingerprint density at radius 2 is 2.04 bits per heavy atom. The fraction of sp³-hybridized carbons (Fsp3) is 0.789. The monoisotopic (exact) mass is 358 g/mol. The molecule has 0 spiro atoms. The van der Waals surface area contributed by atoms with E-state index in [0.29, 0.717) is 11.8 Å². The summed E-state index contributed by atoms with van der Waals surface area (Å²) in [6.07, 6.45) is 8.11. The van der Waals surface area contributed by atoms with Crippen LogP contribution in [0.15, 0.2) is 4.52 Å². The summed E-state index contributed by atoms with van der Waals surface area (Å²) in [6, 6.07) is 0. The molecule has 0 radical (unpaired) electrons. The van der Waals surface area contributed by atoms with Crippen LogP contribution in [0.5, 0.6) is 0 Å². The maximum Gasteiger partial charge on any atom is 0.240 e. The number of aromatic nitrogens is 5. The van der Waals surface area contributed by atoms with Gasteiger partial charge in [-0.15, -0.1) is 10.2 Å². The second-order valence-corrected chi connectivity index (χ2v) is 8.21. The molecule has 2 aliphatic heterocycles. The summed E-state index contributed by atoms with van der Waals surface area (Å²) in [6.45, 7) is 8.25. The first-order chi connectivity index (χ1) is 12.7. The lowest BCUT2D eigenvalue weighted by Crippen LogP contribution is -2.35. The van der Waals surface area contributed by atoms with E-state index in [4.69, 9.17) is 4.52 Å². The van der Waals surface area contributed by atoms with Gasteiger partial charge in [0.1, 0.15) is 11.6 Å². The number of piperidine rings is 1. The molecule has 0 bridgehead atoms. The van der Waals surface area contributed by atoms with Gasteiger partial charge in [-0.2, -0.15) is 4.98 Å². The molecule has 1 atom stereocenters. The maximum absolute atomic E-state index is 5.47. The molecule has 1 unspecified atom stereocenters. The van der Waals surface area contributed by atoms with Crippen molar-refractivity contribution in [2.75, 3.05) is 13.1 Å². The van der Waals surface area contributed by atoms with Crippen molar-refractivity contribution < 1.29 is 4.52 Å². The van der Waals surface area contributed by atoms with E-state index >= 15 is 0 Å². The van der Waals surface area contributed by atoms with Crippen LogP contribution in [-0.2, 0) is 25.9 Å². The number of hydrogen-bond donors (Lipinski definition) is 0. The first-order valence-corrected chi connectivity index (χ1v) is 10.1. The molecule has 0 aliphatic carbocycles. The van der Waals surface area contributed by atoms with Gasteiger partial charge in [-0.3, -0.25) is 4.90 Å². The number of rotatable bonds is 5. The molecule has 0 saturated carbocycles. The van der Waals surface area contributed by atoms with Gasteiger partial charge in [-0.1, -0.05) is 25.4 Å². The topological polar surface area (TPSA) is 72.9 Å². The standard InChI is InChI=1S/C19H30N6O/c1-14(2)11-16-20-18(26-23-16)13-24-9-6-7-15(12-24)19-22-21-17-8-4-3-5-10-25(17)19/h14-15H,3-13H2,1-2H3. The third kappa shape index (κ3) is 3.98. The third-order valence-electron chi connectivity index (χ3n) is 5.47. The average Bonchev–Trinajstić information content (AvgIpc) is 3.15. The summed E-state index contributed by atoms with van der Waals surface area (Å²) in [5, 5.41) is 13.2. The lowest BCUT2D eigenvalue weighted by Gasteiger charge is -2.31. The van der Waals surface area contributed by atoms with E-state index in [9.17, 15) is 0 Å². The van der Waals surface area contributed by atoms with Gasteiger partial charge < -0.3 is 9.09 Å². The Balaban J connectivity index is 1.41. The Kier molecular flexibility index (Phi) is 5.33. The Morgan fingerprint density at radius 3 is 2.92 bits per heavy atom. The lowest BCUT2D eigenvalue weighted by molar-refractivity contribution is 0.172. The molecular weight excluding hydrogens is 328 g/mol. The highest BCUT2D eigenvalue weighted by Gasteiger charge is 2.28. The fourth-order valence-electron chi connectivity index (χ4n) is 4.21. The largest absolute Gasteiger partial charge is 0.338 e. The quantitative estimate of drug-likeness (QED) is 0.818. The van der Waals surface area contributed by atoms with Crippen LogP contribution in [0.3, 0.4) is 0 Å². The summed E-state index contributed by atoms with van der Waals surface area (Å²) in [4.78, 5) is 6.99. The zero-order valence-corrected chi connectivity index (χ0v) is 16.0. The Hall–Kier alpha value is -1.76. The molecule has 7 heteroatoms. The smallest absolute Gasteiger partial charge is 0.240 e. The van der Waals surface area contributed by atoms with Crippen LogP contribution >= 0.6 is 0 Å². The first kappa shape index (κ1) is 17.6. The number of likely N-dealkylation sites (tertiary alicyclic amines) is 1. The van der Waals surface area contributed by atoms with Crippen molar-refractivity contribution in [3.8, 4) is 0 Å². The summed E-state index contributed by atoms with van der Waals surface area (Å²) in [7, 11) is 0. The van der Waals surface area contributed by atoms with E-state index in [2.05, 4.69) is 43.7 Å². The molecule has 0 amide bonds. The molecule has 142 valence electrons. The minimum atomic E-state index is 0.459. The average molecular weight is 358 g/mol. The first-order valence-electron chi connectivity index (χ1n) is 10.1. The molecule has 4 heterocycles. The van der Waals surface area contributed by atoms with Crippen LogP contribution in [0.1, 0.15) is 75.2 Å². The van der Waals surface area contributed by atoms with Gasteiger partial charge in [-0.05, 0) is 38.1 Å². The number of aryl methyl sites for hydroxylation is 1. The minimum absolute atomic E-state index is 0.459. The molecule has 2 aromatic rings. The third-order valence-corrected chi connectivity index (χ3v) is 5.47. The van der Waals surface area contributed by atoms with Gasteiger partial charge in [0.2, 0.25) is 5.89 Å². The van der Waals surface area contributed by atoms with E-state index in [1.807, 2.05) is 0 Å².